The minimum absolute atomic E-state index is 0.216. The first kappa shape index (κ1) is 16.1. The molecule has 22 heavy (non-hydrogen) atoms. The Morgan fingerprint density at radius 3 is 2.68 bits per heavy atom. The van der Waals surface area contributed by atoms with Crippen LogP contribution in [0.1, 0.15) is 26.3 Å². The zero-order valence-corrected chi connectivity index (χ0v) is 13.1. The fraction of sp³-hybridized carbons (Fsp3) is 0.412. The number of rotatable bonds is 6. The van der Waals surface area contributed by atoms with Crippen LogP contribution in [0.5, 0.6) is 0 Å². The largest absolute Gasteiger partial charge is 0.480 e. The fourth-order valence-corrected chi connectivity index (χ4v) is 2.33. The summed E-state index contributed by atoms with van der Waals surface area (Å²) in [5.41, 5.74) is 0.899. The highest BCUT2D eigenvalue weighted by atomic mass is 16.4. The summed E-state index contributed by atoms with van der Waals surface area (Å²) in [6.07, 6.45) is 2.81. The average Bonchev–Trinajstić information content (AvgIpc) is 2.88. The van der Waals surface area contributed by atoms with Gasteiger partial charge in [-0.2, -0.15) is 0 Å². The number of hydrogen-bond acceptors (Lipinski definition) is 2. The van der Waals surface area contributed by atoms with E-state index < -0.39 is 17.3 Å². The number of benzene rings is 1. The van der Waals surface area contributed by atoms with Gasteiger partial charge in [0.1, 0.15) is 5.41 Å². The van der Waals surface area contributed by atoms with Crippen molar-refractivity contribution in [2.45, 2.75) is 27.2 Å². The molecule has 0 fully saturated rings. The summed E-state index contributed by atoms with van der Waals surface area (Å²) in [4.78, 5) is 26.2. The maximum atomic E-state index is 11.9. The number of nitrogens with one attached hydrogen (secondary N) is 2. The standard InChI is InChI=1S/C17H22N2O3/c1-11(9-19-15(20)17(2,3)16(21)22)8-12-10-18-14-7-5-4-6-13(12)14/h4-7,10-11,18H,8-9H2,1-3H3,(H,19,20)(H,21,22). The molecule has 0 aliphatic carbocycles. The molecule has 1 atom stereocenters. The fourth-order valence-electron chi connectivity index (χ4n) is 2.33. The molecule has 2 aromatic rings. The first-order chi connectivity index (χ1) is 10.3. The van der Waals surface area contributed by atoms with Crippen LogP contribution in [0, 0.1) is 11.3 Å². The second kappa shape index (κ2) is 6.22. The van der Waals surface area contributed by atoms with E-state index in [0.29, 0.717) is 6.54 Å². The number of amides is 1. The Kier molecular flexibility index (Phi) is 4.54. The van der Waals surface area contributed by atoms with Crippen molar-refractivity contribution in [3.63, 3.8) is 0 Å². The minimum Gasteiger partial charge on any atom is -0.480 e. The van der Waals surface area contributed by atoms with Crippen LogP contribution < -0.4 is 5.32 Å². The van der Waals surface area contributed by atoms with E-state index in [1.165, 1.54) is 24.8 Å². The quantitative estimate of drug-likeness (QED) is 0.717. The van der Waals surface area contributed by atoms with Crippen LogP contribution >= 0.6 is 0 Å². The van der Waals surface area contributed by atoms with Crippen molar-refractivity contribution in [1.82, 2.24) is 10.3 Å². The van der Waals surface area contributed by atoms with Crippen molar-refractivity contribution in [1.29, 1.82) is 0 Å². The molecule has 0 aliphatic heterocycles. The lowest BCUT2D eigenvalue weighted by Gasteiger charge is -2.20. The van der Waals surface area contributed by atoms with Gasteiger partial charge in [-0.25, -0.2) is 0 Å². The molecule has 1 aromatic heterocycles. The lowest BCUT2D eigenvalue weighted by molar-refractivity contribution is -0.153. The molecule has 118 valence electrons. The average molecular weight is 302 g/mol. The van der Waals surface area contributed by atoms with E-state index in [9.17, 15) is 9.59 Å². The van der Waals surface area contributed by atoms with Gasteiger partial charge >= 0.3 is 5.97 Å². The number of para-hydroxylation sites is 1. The molecule has 1 heterocycles. The maximum Gasteiger partial charge on any atom is 0.318 e. The van der Waals surface area contributed by atoms with E-state index in [2.05, 4.69) is 16.4 Å². The van der Waals surface area contributed by atoms with Crippen molar-refractivity contribution < 1.29 is 14.7 Å². The molecule has 1 amide bonds. The second-order valence-corrected chi connectivity index (χ2v) is 6.31. The number of hydrogen-bond donors (Lipinski definition) is 3. The topological polar surface area (TPSA) is 82.2 Å². The Balaban J connectivity index is 1.95. The summed E-state index contributed by atoms with van der Waals surface area (Å²) in [6.45, 7) is 5.31. The van der Waals surface area contributed by atoms with Crippen molar-refractivity contribution in [2.75, 3.05) is 6.54 Å². The lowest BCUT2D eigenvalue weighted by Crippen LogP contribution is -2.43. The van der Waals surface area contributed by atoms with E-state index in [-0.39, 0.29) is 5.92 Å². The van der Waals surface area contributed by atoms with Crippen molar-refractivity contribution in [3.8, 4) is 0 Å². The van der Waals surface area contributed by atoms with Gasteiger partial charge in [0, 0.05) is 23.6 Å². The zero-order valence-electron chi connectivity index (χ0n) is 13.1. The summed E-state index contributed by atoms with van der Waals surface area (Å²) >= 11 is 0. The van der Waals surface area contributed by atoms with Gasteiger partial charge in [0.2, 0.25) is 5.91 Å². The smallest absolute Gasteiger partial charge is 0.318 e. The van der Waals surface area contributed by atoms with Crippen molar-refractivity contribution in [3.05, 3.63) is 36.0 Å². The second-order valence-electron chi connectivity index (χ2n) is 6.31. The monoisotopic (exact) mass is 302 g/mol. The Bertz CT molecular complexity index is 688. The summed E-state index contributed by atoms with van der Waals surface area (Å²) in [5.74, 6) is -1.35. The molecule has 0 saturated heterocycles. The van der Waals surface area contributed by atoms with Crippen LogP contribution in [0.2, 0.25) is 0 Å². The molecule has 0 bridgehead atoms. The first-order valence-electron chi connectivity index (χ1n) is 7.39. The van der Waals surface area contributed by atoms with Gasteiger partial charge in [0.25, 0.3) is 0 Å². The molecule has 0 aliphatic rings. The molecule has 5 heteroatoms. The molecule has 5 nitrogen and oxygen atoms in total. The number of carbonyl (C=O) groups is 2. The summed E-state index contributed by atoms with van der Waals surface area (Å²) in [5, 5.41) is 13.0. The molecule has 2 rings (SSSR count). The van der Waals surface area contributed by atoms with E-state index in [0.717, 1.165) is 11.9 Å². The van der Waals surface area contributed by atoms with Crippen LogP contribution in [0.15, 0.2) is 30.5 Å². The highest BCUT2D eigenvalue weighted by Gasteiger charge is 2.35. The number of aromatic nitrogens is 1. The summed E-state index contributed by atoms with van der Waals surface area (Å²) < 4.78 is 0. The number of aliphatic carboxylic acids is 1. The van der Waals surface area contributed by atoms with Crippen molar-refractivity contribution in [2.24, 2.45) is 11.3 Å². The Morgan fingerprint density at radius 1 is 1.32 bits per heavy atom. The first-order valence-corrected chi connectivity index (χ1v) is 7.39. The van der Waals surface area contributed by atoms with Gasteiger partial charge in [0.15, 0.2) is 0 Å². The number of carboxylic acid groups (broad SMARTS) is 1. The number of aromatic amines is 1. The minimum atomic E-state index is -1.40. The highest BCUT2D eigenvalue weighted by molar-refractivity contribution is 6.00. The molecular formula is C17H22N2O3. The van der Waals surface area contributed by atoms with E-state index in [1.54, 1.807) is 0 Å². The van der Waals surface area contributed by atoms with E-state index in [4.69, 9.17) is 5.11 Å². The van der Waals surface area contributed by atoms with E-state index in [1.807, 2.05) is 31.3 Å². The van der Waals surface area contributed by atoms with Gasteiger partial charge in [-0.15, -0.1) is 0 Å². The van der Waals surface area contributed by atoms with Crippen LogP contribution in [0.4, 0.5) is 0 Å². The third kappa shape index (κ3) is 3.30. The molecule has 0 radical (unpaired) electrons. The van der Waals surface area contributed by atoms with Gasteiger partial charge in [-0.3, -0.25) is 9.59 Å². The number of fused-ring (bicyclic) bond motifs is 1. The van der Waals surface area contributed by atoms with Gasteiger partial charge in [-0.05, 0) is 37.8 Å². The normalized spacial score (nSPS) is 13.0. The van der Waals surface area contributed by atoms with E-state index >= 15 is 0 Å². The predicted molar refractivity (Wildman–Crippen MR) is 85.6 cm³/mol. The molecule has 3 N–H and O–H groups in total. The van der Waals surface area contributed by atoms with Crippen molar-refractivity contribution >= 4 is 22.8 Å². The maximum absolute atomic E-state index is 11.9. The van der Waals surface area contributed by atoms with Gasteiger partial charge < -0.3 is 15.4 Å². The van der Waals surface area contributed by atoms with Gasteiger partial charge in [0.05, 0.1) is 0 Å². The van der Waals surface area contributed by atoms with Crippen LogP contribution in [-0.4, -0.2) is 28.5 Å². The summed E-state index contributed by atoms with van der Waals surface area (Å²) in [7, 11) is 0. The molecule has 0 saturated carbocycles. The highest BCUT2D eigenvalue weighted by Crippen LogP contribution is 2.21. The third-order valence-corrected chi connectivity index (χ3v) is 3.96. The number of carboxylic acids is 1. The SMILES string of the molecule is CC(CNC(=O)C(C)(C)C(=O)O)Cc1c[nH]c2ccccc12. The van der Waals surface area contributed by atoms with Crippen LogP contribution in [0.3, 0.4) is 0 Å². The van der Waals surface area contributed by atoms with Crippen LogP contribution in [0.25, 0.3) is 10.9 Å². The number of carbonyl (C=O) groups excluding carboxylic acids is 1. The third-order valence-electron chi connectivity index (χ3n) is 3.96. The summed E-state index contributed by atoms with van der Waals surface area (Å²) in [6, 6.07) is 8.09. The number of H-pyrrole nitrogens is 1. The Hall–Kier alpha value is -2.30. The van der Waals surface area contributed by atoms with Gasteiger partial charge in [-0.1, -0.05) is 25.1 Å². The van der Waals surface area contributed by atoms with Crippen LogP contribution in [-0.2, 0) is 16.0 Å². The molecular weight excluding hydrogens is 280 g/mol. The Labute approximate surface area is 129 Å². The lowest BCUT2D eigenvalue weighted by atomic mass is 9.92. The zero-order chi connectivity index (χ0) is 16.3. The predicted octanol–water partition coefficient (Wildman–Crippen LogP) is 2.57. The molecule has 0 spiro atoms. The molecule has 1 aromatic carbocycles. The Morgan fingerprint density at radius 2 is 2.00 bits per heavy atom. The molecule has 1 unspecified atom stereocenters.